The van der Waals surface area contributed by atoms with Gasteiger partial charge in [-0.3, -0.25) is 14.4 Å². The van der Waals surface area contributed by atoms with Crippen molar-refractivity contribution in [1.82, 2.24) is 0 Å². The molecule has 0 bridgehead atoms. The lowest BCUT2D eigenvalue weighted by atomic mass is 10.1. The van der Waals surface area contributed by atoms with E-state index in [2.05, 4.69) is 154 Å². The number of hydrogen-bond acceptors (Lipinski definition) is 6. The number of unbranched alkanes of at least 4 members (excludes halogenated alkanes) is 24. The third kappa shape index (κ3) is 62.4. The van der Waals surface area contributed by atoms with Crippen LogP contribution in [0.3, 0.4) is 0 Å². The largest absolute Gasteiger partial charge is 0.462 e. The van der Waals surface area contributed by atoms with Crippen LogP contribution < -0.4 is 0 Å². The minimum atomic E-state index is -0.798. The Morgan fingerprint density at radius 1 is 0.269 bits per heavy atom. The fourth-order valence-corrected chi connectivity index (χ4v) is 8.58. The second-order valence-electron chi connectivity index (χ2n) is 20.9. The van der Waals surface area contributed by atoms with Gasteiger partial charge in [-0.2, -0.15) is 0 Å². The quantitative estimate of drug-likeness (QED) is 0.0261. The van der Waals surface area contributed by atoms with Crippen molar-refractivity contribution >= 4 is 17.9 Å². The molecule has 0 aromatic heterocycles. The average molecular weight is 1080 g/mol. The standard InChI is InChI=1S/C72H118O6/c1-4-7-10-13-16-19-21-23-25-27-29-30-31-32-33-34-35-36-37-38-39-40-41-42-44-45-47-49-51-53-56-59-62-65-71(74)77-68-69(67-76-70(73)64-61-58-55-18-15-12-9-6-3)78-72(75)66-63-60-57-54-52-50-48-46-43-28-26-24-22-20-17-14-11-8-5-2/h7,10,16,19,23-26,29-30,32-33,35-36,38-39,41-42,45,47,51,53,69H,4-6,8-9,11-15,17-18,20-22,27-28,31,34,37,40,43-44,46,48-50,52,54-68H2,1-3H3/b10-7-,19-16-,25-23-,26-24-,30-29-,33-32-,36-35-,39-38-,42-41-,47-45-,53-51-. The van der Waals surface area contributed by atoms with Crippen molar-refractivity contribution in [3.05, 3.63) is 134 Å². The van der Waals surface area contributed by atoms with E-state index < -0.39 is 6.10 Å². The topological polar surface area (TPSA) is 78.9 Å². The summed E-state index contributed by atoms with van der Waals surface area (Å²) in [5.74, 6) is -0.945. The Morgan fingerprint density at radius 3 is 0.821 bits per heavy atom. The van der Waals surface area contributed by atoms with Gasteiger partial charge in [-0.05, 0) is 122 Å². The molecule has 0 amide bonds. The van der Waals surface area contributed by atoms with Crippen LogP contribution >= 0.6 is 0 Å². The zero-order chi connectivity index (χ0) is 56.4. The van der Waals surface area contributed by atoms with Gasteiger partial charge in [0.05, 0.1) is 0 Å². The normalized spacial score (nSPS) is 13.0. The van der Waals surface area contributed by atoms with Gasteiger partial charge < -0.3 is 14.2 Å². The molecule has 6 nitrogen and oxygen atoms in total. The molecule has 0 N–H and O–H groups in total. The molecule has 6 heteroatoms. The molecule has 0 aliphatic carbocycles. The van der Waals surface area contributed by atoms with Crippen LogP contribution in [0.5, 0.6) is 0 Å². The highest BCUT2D eigenvalue weighted by molar-refractivity contribution is 5.71. The molecular weight excluding hydrogens is 961 g/mol. The number of ether oxygens (including phenoxy) is 3. The van der Waals surface area contributed by atoms with Gasteiger partial charge in [-0.15, -0.1) is 0 Å². The van der Waals surface area contributed by atoms with Crippen LogP contribution in [-0.4, -0.2) is 37.2 Å². The highest BCUT2D eigenvalue weighted by Gasteiger charge is 2.19. The van der Waals surface area contributed by atoms with E-state index in [-0.39, 0.29) is 31.1 Å². The van der Waals surface area contributed by atoms with Crippen molar-refractivity contribution in [1.29, 1.82) is 0 Å². The number of carbonyl (C=O) groups is 3. The fraction of sp³-hybridized carbons (Fsp3) is 0.653. The Balaban J connectivity index is 4.28. The van der Waals surface area contributed by atoms with Crippen LogP contribution in [0.25, 0.3) is 0 Å². The lowest BCUT2D eigenvalue weighted by Crippen LogP contribution is -2.30. The number of allylic oxidation sites excluding steroid dienone is 22. The fourth-order valence-electron chi connectivity index (χ4n) is 8.58. The summed E-state index contributed by atoms with van der Waals surface area (Å²) in [4.78, 5) is 38.1. The lowest BCUT2D eigenvalue weighted by molar-refractivity contribution is -0.167. The summed E-state index contributed by atoms with van der Waals surface area (Å²) in [5.41, 5.74) is 0. The first kappa shape index (κ1) is 73.5. The van der Waals surface area contributed by atoms with Gasteiger partial charge in [0.15, 0.2) is 6.10 Å². The Bertz CT molecular complexity index is 1670. The van der Waals surface area contributed by atoms with Gasteiger partial charge in [0, 0.05) is 19.3 Å². The Hall–Kier alpha value is -4.45. The van der Waals surface area contributed by atoms with Crippen LogP contribution in [0.15, 0.2) is 134 Å². The number of hydrogen-bond donors (Lipinski definition) is 0. The molecule has 0 spiro atoms. The molecule has 0 fully saturated rings. The summed E-state index contributed by atoms with van der Waals surface area (Å²) in [6.45, 7) is 6.46. The zero-order valence-corrected chi connectivity index (χ0v) is 50.6. The maximum atomic E-state index is 12.9. The van der Waals surface area contributed by atoms with Crippen molar-refractivity contribution < 1.29 is 28.6 Å². The van der Waals surface area contributed by atoms with Crippen LogP contribution in [0.4, 0.5) is 0 Å². The van der Waals surface area contributed by atoms with Crippen LogP contribution in [-0.2, 0) is 28.6 Å². The van der Waals surface area contributed by atoms with E-state index in [0.29, 0.717) is 25.7 Å². The van der Waals surface area contributed by atoms with Crippen molar-refractivity contribution in [2.45, 2.75) is 290 Å². The van der Waals surface area contributed by atoms with Crippen LogP contribution in [0, 0.1) is 0 Å². The molecule has 442 valence electrons. The van der Waals surface area contributed by atoms with Crippen molar-refractivity contribution in [3.63, 3.8) is 0 Å². The molecule has 0 aromatic carbocycles. The molecule has 0 saturated carbocycles. The minimum Gasteiger partial charge on any atom is -0.462 e. The van der Waals surface area contributed by atoms with E-state index in [4.69, 9.17) is 14.2 Å². The van der Waals surface area contributed by atoms with E-state index >= 15 is 0 Å². The van der Waals surface area contributed by atoms with E-state index in [1.54, 1.807) is 0 Å². The smallest absolute Gasteiger partial charge is 0.306 e. The molecule has 1 unspecified atom stereocenters. The first-order chi connectivity index (χ1) is 38.5. The first-order valence-electron chi connectivity index (χ1n) is 32.2. The predicted molar refractivity (Wildman–Crippen MR) is 339 cm³/mol. The molecule has 0 rings (SSSR count). The summed E-state index contributed by atoms with van der Waals surface area (Å²) in [5, 5.41) is 0. The summed E-state index contributed by atoms with van der Waals surface area (Å²) in [7, 11) is 0. The van der Waals surface area contributed by atoms with Crippen molar-refractivity contribution in [2.24, 2.45) is 0 Å². The predicted octanol–water partition coefficient (Wildman–Crippen LogP) is 22.2. The summed E-state index contributed by atoms with van der Waals surface area (Å²) in [6.07, 6.45) is 91.9. The third-order valence-corrected chi connectivity index (χ3v) is 13.4. The first-order valence-corrected chi connectivity index (χ1v) is 32.2. The molecule has 78 heavy (non-hydrogen) atoms. The monoisotopic (exact) mass is 1080 g/mol. The van der Waals surface area contributed by atoms with Gasteiger partial charge in [0.1, 0.15) is 13.2 Å². The van der Waals surface area contributed by atoms with Gasteiger partial charge in [0.2, 0.25) is 0 Å². The van der Waals surface area contributed by atoms with Crippen LogP contribution in [0.2, 0.25) is 0 Å². The summed E-state index contributed by atoms with van der Waals surface area (Å²) in [6, 6.07) is 0. The number of rotatable bonds is 57. The second-order valence-corrected chi connectivity index (χ2v) is 20.9. The molecule has 0 aromatic rings. The Kier molecular flexibility index (Phi) is 61.4. The van der Waals surface area contributed by atoms with Crippen LogP contribution in [0.1, 0.15) is 284 Å². The Labute approximate surface area is 481 Å². The summed E-state index contributed by atoms with van der Waals surface area (Å²) < 4.78 is 16.8. The molecule has 0 aliphatic heterocycles. The SMILES string of the molecule is CC/C=C\C/C=C\C/C=C\C/C=C\C/C=C\C/C=C\C/C=C\C/C=C\C/C=C\C/C=C\CCCCC(=O)OCC(COC(=O)CCCCCCCCCC)OC(=O)CCCCCCCCCCC/C=C\CCCCCCCC. The summed E-state index contributed by atoms with van der Waals surface area (Å²) >= 11 is 0. The van der Waals surface area contributed by atoms with Crippen molar-refractivity contribution in [2.75, 3.05) is 13.2 Å². The highest BCUT2D eigenvalue weighted by atomic mass is 16.6. The lowest BCUT2D eigenvalue weighted by Gasteiger charge is -2.18. The molecule has 0 aliphatic rings. The minimum absolute atomic E-state index is 0.0937. The zero-order valence-electron chi connectivity index (χ0n) is 50.6. The average Bonchev–Trinajstić information content (AvgIpc) is 3.44. The Morgan fingerprint density at radius 2 is 0.500 bits per heavy atom. The van der Waals surface area contributed by atoms with Crippen molar-refractivity contribution in [3.8, 4) is 0 Å². The third-order valence-electron chi connectivity index (χ3n) is 13.4. The van der Waals surface area contributed by atoms with E-state index in [1.807, 2.05) is 0 Å². The van der Waals surface area contributed by atoms with Gasteiger partial charge in [-0.1, -0.05) is 276 Å². The van der Waals surface area contributed by atoms with E-state index in [1.165, 1.54) is 122 Å². The molecule has 1 atom stereocenters. The molecule has 0 saturated heterocycles. The van der Waals surface area contributed by atoms with Gasteiger partial charge >= 0.3 is 17.9 Å². The maximum absolute atomic E-state index is 12.9. The maximum Gasteiger partial charge on any atom is 0.306 e. The second kappa shape index (κ2) is 65.1. The van der Waals surface area contributed by atoms with Gasteiger partial charge in [0.25, 0.3) is 0 Å². The molecular formula is C72H118O6. The van der Waals surface area contributed by atoms with E-state index in [0.717, 1.165) is 116 Å². The van der Waals surface area contributed by atoms with Gasteiger partial charge in [-0.25, -0.2) is 0 Å². The highest BCUT2D eigenvalue weighted by Crippen LogP contribution is 2.15. The number of carbonyl (C=O) groups excluding carboxylic acids is 3. The number of esters is 3. The van der Waals surface area contributed by atoms with E-state index in [9.17, 15) is 14.4 Å². The molecule has 0 radical (unpaired) electrons. The molecule has 0 heterocycles.